The monoisotopic (exact) mass is 507 g/mol. The summed E-state index contributed by atoms with van der Waals surface area (Å²) in [4.78, 5) is 3.81. The second-order valence-electron chi connectivity index (χ2n) is 10.9. The number of fused-ring (bicyclic) bond motifs is 12. The molecule has 0 amide bonds. The average Bonchev–Trinajstić information content (AvgIpc) is 3.57. The number of hydrogen-bond donors (Lipinski definition) is 1. The molecule has 0 saturated heterocycles. The Labute approximate surface area is 232 Å². The molecule has 40 heavy (non-hydrogen) atoms. The lowest BCUT2D eigenvalue weighted by Crippen LogP contribution is -2.28. The van der Waals surface area contributed by atoms with Gasteiger partial charge >= 0.3 is 0 Å². The summed E-state index contributed by atoms with van der Waals surface area (Å²) in [5.74, 6) is 0. The second kappa shape index (κ2) is 7.94. The van der Waals surface area contributed by atoms with E-state index in [1.807, 2.05) is 0 Å². The van der Waals surface area contributed by atoms with Gasteiger partial charge in [-0.1, -0.05) is 140 Å². The molecule has 9 rings (SSSR count). The molecule has 0 unspecified atom stereocenters. The minimum atomic E-state index is -0.404. The van der Waals surface area contributed by atoms with Crippen molar-refractivity contribution in [3.8, 4) is 11.1 Å². The topological polar surface area (TPSA) is 15.8 Å². The van der Waals surface area contributed by atoms with E-state index < -0.39 is 5.41 Å². The molecule has 0 saturated carbocycles. The zero-order chi connectivity index (χ0) is 26.3. The summed E-state index contributed by atoms with van der Waals surface area (Å²) in [6, 6.07) is 53.6. The molecule has 1 aliphatic rings. The molecule has 186 valence electrons. The SMILES string of the molecule is c1ccc(C2(c3ccccc3)c3ccccc3-c3c2ccc2c4[nH]c5ccccc5c4c4ccccc4c32)cc1. The molecule has 1 heterocycles. The molecule has 8 aromatic rings. The van der Waals surface area contributed by atoms with Crippen molar-refractivity contribution in [2.45, 2.75) is 5.41 Å². The van der Waals surface area contributed by atoms with Gasteiger partial charge in [0.05, 0.1) is 10.9 Å². The maximum Gasteiger partial charge on any atom is 0.0713 e. The minimum Gasteiger partial charge on any atom is -0.354 e. The van der Waals surface area contributed by atoms with Crippen LogP contribution in [0.5, 0.6) is 0 Å². The summed E-state index contributed by atoms with van der Waals surface area (Å²) in [6.07, 6.45) is 0. The molecular weight excluding hydrogens is 482 g/mol. The third-order valence-electron chi connectivity index (χ3n) is 9.06. The predicted octanol–water partition coefficient (Wildman–Crippen LogP) is 9.99. The molecule has 1 N–H and O–H groups in total. The Morgan fingerprint density at radius 3 is 1.70 bits per heavy atom. The number of benzene rings is 7. The molecule has 7 aromatic carbocycles. The van der Waals surface area contributed by atoms with Crippen LogP contribution in [0.3, 0.4) is 0 Å². The molecule has 0 fully saturated rings. The van der Waals surface area contributed by atoms with Gasteiger partial charge in [-0.3, -0.25) is 0 Å². The van der Waals surface area contributed by atoms with Gasteiger partial charge in [-0.25, -0.2) is 0 Å². The van der Waals surface area contributed by atoms with Crippen LogP contribution in [0, 0.1) is 0 Å². The van der Waals surface area contributed by atoms with E-state index in [4.69, 9.17) is 0 Å². The van der Waals surface area contributed by atoms with Crippen molar-refractivity contribution in [1.29, 1.82) is 0 Å². The number of para-hydroxylation sites is 1. The quantitative estimate of drug-likeness (QED) is 0.224. The first-order chi connectivity index (χ1) is 19.9. The molecular formula is C39H25N. The molecule has 1 nitrogen and oxygen atoms in total. The van der Waals surface area contributed by atoms with Crippen molar-refractivity contribution in [1.82, 2.24) is 4.98 Å². The van der Waals surface area contributed by atoms with E-state index in [0.29, 0.717) is 0 Å². The van der Waals surface area contributed by atoms with Crippen LogP contribution in [0.1, 0.15) is 22.3 Å². The third-order valence-corrected chi connectivity index (χ3v) is 9.06. The normalized spacial score (nSPS) is 13.7. The van der Waals surface area contributed by atoms with Gasteiger partial charge in [0, 0.05) is 21.7 Å². The zero-order valence-corrected chi connectivity index (χ0v) is 21.9. The van der Waals surface area contributed by atoms with Gasteiger partial charge in [-0.2, -0.15) is 0 Å². The van der Waals surface area contributed by atoms with Crippen LogP contribution in [0.25, 0.3) is 54.5 Å². The molecule has 0 aliphatic heterocycles. The van der Waals surface area contributed by atoms with Crippen molar-refractivity contribution < 1.29 is 0 Å². The van der Waals surface area contributed by atoms with Crippen LogP contribution in [0.15, 0.2) is 146 Å². The van der Waals surface area contributed by atoms with Crippen LogP contribution in [-0.2, 0) is 5.41 Å². The van der Waals surface area contributed by atoms with Crippen LogP contribution < -0.4 is 0 Å². The highest BCUT2D eigenvalue weighted by atomic mass is 14.7. The van der Waals surface area contributed by atoms with Gasteiger partial charge < -0.3 is 4.98 Å². The fourth-order valence-electron chi connectivity index (χ4n) is 7.56. The van der Waals surface area contributed by atoms with Crippen molar-refractivity contribution in [3.63, 3.8) is 0 Å². The lowest BCUT2D eigenvalue weighted by atomic mass is 9.67. The molecule has 1 aliphatic carbocycles. The van der Waals surface area contributed by atoms with Gasteiger partial charge in [0.1, 0.15) is 0 Å². The van der Waals surface area contributed by atoms with Crippen LogP contribution in [0.4, 0.5) is 0 Å². The van der Waals surface area contributed by atoms with Gasteiger partial charge in [0.2, 0.25) is 0 Å². The van der Waals surface area contributed by atoms with E-state index in [1.165, 1.54) is 76.7 Å². The molecule has 1 aromatic heterocycles. The van der Waals surface area contributed by atoms with E-state index in [2.05, 4.69) is 151 Å². The molecule has 0 radical (unpaired) electrons. The highest BCUT2D eigenvalue weighted by molar-refractivity contribution is 6.34. The fourth-order valence-corrected chi connectivity index (χ4v) is 7.56. The maximum atomic E-state index is 3.81. The largest absolute Gasteiger partial charge is 0.354 e. The van der Waals surface area contributed by atoms with Gasteiger partial charge in [-0.05, 0) is 55.6 Å². The summed E-state index contributed by atoms with van der Waals surface area (Å²) in [5, 5.41) is 7.79. The van der Waals surface area contributed by atoms with E-state index in [0.717, 1.165) is 0 Å². The molecule has 0 atom stereocenters. The first-order valence-electron chi connectivity index (χ1n) is 14.0. The van der Waals surface area contributed by atoms with Crippen LogP contribution in [-0.4, -0.2) is 4.98 Å². The summed E-state index contributed by atoms with van der Waals surface area (Å²) in [5.41, 5.74) is 9.93. The Morgan fingerprint density at radius 1 is 0.400 bits per heavy atom. The van der Waals surface area contributed by atoms with Gasteiger partial charge in [-0.15, -0.1) is 0 Å². The lowest BCUT2D eigenvalue weighted by Gasteiger charge is -2.34. The number of aromatic nitrogens is 1. The third kappa shape index (κ3) is 2.62. The van der Waals surface area contributed by atoms with Crippen molar-refractivity contribution in [2.24, 2.45) is 0 Å². The Hall–Kier alpha value is -5.14. The standard InChI is InChI=1S/C39H25N/c1-3-13-25(14-4-1)39(26-15-5-2-6-16-26)32-21-11-9-19-29(32)37-33(39)24-23-31-35(37)27-17-7-8-18-28(27)36-30-20-10-12-22-34(30)40-38(31)36/h1-24,40H. The molecule has 1 heteroatoms. The van der Waals surface area contributed by atoms with Crippen LogP contribution >= 0.6 is 0 Å². The zero-order valence-electron chi connectivity index (χ0n) is 21.9. The van der Waals surface area contributed by atoms with E-state index in [-0.39, 0.29) is 0 Å². The Bertz CT molecular complexity index is 2220. The Kier molecular flexibility index (Phi) is 4.32. The first-order valence-corrected chi connectivity index (χ1v) is 14.0. The predicted molar refractivity (Wildman–Crippen MR) is 168 cm³/mol. The fraction of sp³-hybridized carbons (Fsp3) is 0.0256. The summed E-state index contributed by atoms with van der Waals surface area (Å²) in [7, 11) is 0. The number of H-pyrrole nitrogens is 1. The first kappa shape index (κ1) is 21.8. The number of nitrogens with one attached hydrogen (secondary N) is 1. The molecule has 0 spiro atoms. The average molecular weight is 508 g/mol. The summed E-state index contributed by atoms with van der Waals surface area (Å²) < 4.78 is 0. The van der Waals surface area contributed by atoms with E-state index in [1.54, 1.807) is 0 Å². The van der Waals surface area contributed by atoms with Crippen molar-refractivity contribution in [2.75, 3.05) is 0 Å². The summed E-state index contributed by atoms with van der Waals surface area (Å²) >= 11 is 0. The smallest absolute Gasteiger partial charge is 0.0713 e. The van der Waals surface area contributed by atoms with E-state index >= 15 is 0 Å². The number of rotatable bonds is 2. The van der Waals surface area contributed by atoms with Crippen molar-refractivity contribution in [3.05, 3.63) is 168 Å². The lowest BCUT2D eigenvalue weighted by molar-refractivity contribution is 0.769. The van der Waals surface area contributed by atoms with Gasteiger partial charge in [0.25, 0.3) is 0 Å². The number of hydrogen-bond acceptors (Lipinski definition) is 0. The maximum absolute atomic E-state index is 3.81. The Morgan fingerprint density at radius 2 is 0.975 bits per heavy atom. The van der Waals surface area contributed by atoms with Crippen LogP contribution in [0.2, 0.25) is 0 Å². The number of aromatic amines is 1. The second-order valence-corrected chi connectivity index (χ2v) is 10.9. The highest BCUT2D eigenvalue weighted by Crippen LogP contribution is 2.59. The minimum absolute atomic E-state index is 0.404. The summed E-state index contributed by atoms with van der Waals surface area (Å²) in [6.45, 7) is 0. The van der Waals surface area contributed by atoms with Gasteiger partial charge in [0.15, 0.2) is 0 Å². The Balaban J connectivity index is 1.55. The highest BCUT2D eigenvalue weighted by Gasteiger charge is 2.46. The van der Waals surface area contributed by atoms with Crippen molar-refractivity contribution >= 4 is 43.4 Å². The van der Waals surface area contributed by atoms with E-state index in [9.17, 15) is 0 Å². The molecule has 0 bridgehead atoms.